The van der Waals surface area contributed by atoms with Gasteiger partial charge in [0.15, 0.2) is 11.5 Å². The van der Waals surface area contributed by atoms with Crippen molar-refractivity contribution in [2.45, 2.75) is 6.42 Å². The van der Waals surface area contributed by atoms with Gasteiger partial charge in [0.1, 0.15) is 17.3 Å². The fourth-order valence-electron chi connectivity index (χ4n) is 1.87. The van der Waals surface area contributed by atoms with Crippen LogP contribution in [0.5, 0.6) is 5.75 Å². The van der Waals surface area contributed by atoms with Crippen molar-refractivity contribution >= 4 is 5.78 Å². The maximum atomic E-state index is 13.1. The molecule has 1 aromatic heterocycles. The monoisotopic (exact) mass is 266 g/mol. The van der Waals surface area contributed by atoms with Crippen LogP contribution < -0.4 is 4.74 Å². The summed E-state index contributed by atoms with van der Waals surface area (Å²) in [6, 6.07) is 3.02. The number of nitrogens with zero attached hydrogens (tertiary/aromatic N) is 2. The first-order valence-corrected chi connectivity index (χ1v) is 5.55. The molecular formula is C13H12F2N2O2. The first kappa shape index (κ1) is 13.2. The van der Waals surface area contributed by atoms with E-state index < -0.39 is 11.6 Å². The van der Waals surface area contributed by atoms with Crippen LogP contribution in [0.25, 0.3) is 0 Å². The molecule has 1 heterocycles. The van der Waals surface area contributed by atoms with E-state index >= 15 is 0 Å². The summed E-state index contributed by atoms with van der Waals surface area (Å²) in [5.74, 6) is -1.40. The van der Waals surface area contributed by atoms with Gasteiger partial charge in [0.25, 0.3) is 0 Å². The zero-order valence-electron chi connectivity index (χ0n) is 10.5. The minimum absolute atomic E-state index is 0.120. The average Bonchev–Trinajstić information content (AvgIpc) is 2.68. The molecule has 0 spiro atoms. The number of aromatic nitrogens is 2. The van der Waals surface area contributed by atoms with E-state index in [-0.39, 0.29) is 23.5 Å². The van der Waals surface area contributed by atoms with Crippen LogP contribution in [0.1, 0.15) is 16.1 Å². The lowest BCUT2D eigenvalue weighted by Gasteiger charge is -2.05. The second kappa shape index (κ2) is 5.17. The lowest BCUT2D eigenvalue weighted by molar-refractivity contribution is 0.0981. The fraction of sp³-hybridized carbons (Fsp3) is 0.231. The molecule has 0 aliphatic rings. The van der Waals surface area contributed by atoms with Gasteiger partial charge in [0.2, 0.25) is 0 Å². The average molecular weight is 266 g/mol. The number of carbonyl (C=O) groups is 1. The molecule has 0 amide bonds. The number of hydrogen-bond acceptors (Lipinski definition) is 3. The maximum Gasteiger partial charge on any atom is 0.189 e. The van der Waals surface area contributed by atoms with Crippen LogP contribution in [-0.2, 0) is 13.5 Å². The zero-order valence-corrected chi connectivity index (χ0v) is 10.5. The third-order valence-corrected chi connectivity index (χ3v) is 2.68. The van der Waals surface area contributed by atoms with Crippen molar-refractivity contribution in [3.05, 3.63) is 47.3 Å². The number of rotatable bonds is 4. The van der Waals surface area contributed by atoms with Crippen LogP contribution >= 0.6 is 0 Å². The standard InChI is InChI=1S/C13H12F2N2O2/c1-17-13(12(19-2)7-16-17)11(18)5-8-3-9(14)6-10(15)4-8/h3-4,6-7H,5H2,1-2H3. The van der Waals surface area contributed by atoms with E-state index in [9.17, 15) is 13.6 Å². The van der Waals surface area contributed by atoms with Crippen LogP contribution in [0.15, 0.2) is 24.4 Å². The minimum atomic E-state index is -0.709. The normalized spacial score (nSPS) is 10.5. The van der Waals surface area contributed by atoms with Crippen molar-refractivity contribution in [1.29, 1.82) is 0 Å². The second-order valence-corrected chi connectivity index (χ2v) is 4.06. The number of hydrogen-bond donors (Lipinski definition) is 0. The Kier molecular flexibility index (Phi) is 3.59. The van der Waals surface area contributed by atoms with Crippen LogP contribution in [0.2, 0.25) is 0 Å². The third kappa shape index (κ3) is 2.78. The van der Waals surface area contributed by atoms with Gasteiger partial charge in [-0.3, -0.25) is 9.48 Å². The second-order valence-electron chi connectivity index (χ2n) is 4.06. The molecule has 0 N–H and O–H groups in total. The summed E-state index contributed by atoms with van der Waals surface area (Å²) < 4.78 is 32.5. The van der Waals surface area contributed by atoms with E-state index in [0.29, 0.717) is 5.75 Å². The summed E-state index contributed by atoms with van der Waals surface area (Å²) in [6.07, 6.45) is 1.30. The Morgan fingerprint density at radius 1 is 1.32 bits per heavy atom. The molecule has 0 bridgehead atoms. The van der Waals surface area contributed by atoms with E-state index in [4.69, 9.17) is 4.74 Å². The van der Waals surface area contributed by atoms with Gasteiger partial charge in [-0.15, -0.1) is 0 Å². The SMILES string of the molecule is COc1cnn(C)c1C(=O)Cc1cc(F)cc(F)c1. The van der Waals surface area contributed by atoms with E-state index in [1.165, 1.54) is 18.0 Å². The van der Waals surface area contributed by atoms with E-state index in [1.807, 2.05) is 0 Å². The highest BCUT2D eigenvalue weighted by atomic mass is 19.1. The molecule has 0 saturated heterocycles. The first-order chi connectivity index (χ1) is 9.01. The highest BCUT2D eigenvalue weighted by Crippen LogP contribution is 2.19. The number of benzene rings is 1. The van der Waals surface area contributed by atoms with Gasteiger partial charge in [0, 0.05) is 19.5 Å². The topological polar surface area (TPSA) is 44.1 Å². The largest absolute Gasteiger partial charge is 0.493 e. The molecule has 0 aliphatic carbocycles. The van der Waals surface area contributed by atoms with Crippen LogP contribution in [0.4, 0.5) is 8.78 Å². The predicted molar refractivity (Wildman–Crippen MR) is 64.2 cm³/mol. The minimum Gasteiger partial charge on any atom is -0.493 e. The number of methoxy groups -OCH3 is 1. The van der Waals surface area contributed by atoms with E-state index in [2.05, 4.69) is 5.10 Å². The fourth-order valence-corrected chi connectivity index (χ4v) is 1.87. The van der Waals surface area contributed by atoms with Gasteiger partial charge in [-0.05, 0) is 17.7 Å². The summed E-state index contributed by atoms with van der Waals surface area (Å²) in [5.41, 5.74) is 0.540. The van der Waals surface area contributed by atoms with E-state index in [0.717, 1.165) is 18.2 Å². The molecular weight excluding hydrogens is 254 g/mol. The Hall–Kier alpha value is -2.24. The lowest BCUT2D eigenvalue weighted by Crippen LogP contribution is -2.11. The Bertz CT molecular complexity index is 603. The molecule has 0 unspecified atom stereocenters. The van der Waals surface area contributed by atoms with Crippen molar-refractivity contribution < 1.29 is 18.3 Å². The molecule has 0 aliphatic heterocycles. The third-order valence-electron chi connectivity index (χ3n) is 2.68. The molecule has 2 rings (SSSR count). The number of ketones is 1. The molecule has 1 aromatic carbocycles. The van der Waals surface area contributed by atoms with Crippen LogP contribution in [0.3, 0.4) is 0 Å². The van der Waals surface area contributed by atoms with Crippen molar-refractivity contribution in [3.8, 4) is 5.75 Å². The molecule has 0 saturated carbocycles. The van der Waals surface area contributed by atoms with Gasteiger partial charge in [-0.25, -0.2) is 8.78 Å². The smallest absolute Gasteiger partial charge is 0.189 e. The quantitative estimate of drug-likeness (QED) is 0.796. The van der Waals surface area contributed by atoms with Crippen molar-refractivity contribution in [2.24, 2.45) is 7.05 Å². The highest BCUT2D eigenvalue weighted by Gasteiger charge is 2.18. The molecule has 6 heteroatoms. The Labute approximate surface area is 108 Å². The molecule has 19 heavy (non-hydrogen) atoms. The molecule has 0 radical (unpaired) electrons. The van der Waals surface area contributed by atoms with Crippen molar-refractivity contribution in [3.63, 3.8) is 0 Å². The molecule has 0 fully saturated rings. The number of aryl methyl sites for hydroxylation is 1. The summed E-state index contributed by atoms with van der Waals surface area (Å²) >= 11 is 0. The van der Waals surface area contributed by atoms with Gasteiger partial charge in [0.05, 0.1) is 13.3 Å². The van der Waals surface area contributed by atoms with E-state index in [1.54, 1.807) is 7.05 Å². The first-order valence-electron chi connectivity index (χ1n) is 5.55. The van der Waals surface area contributed by atoms with Gasteiger partial charge in [-0.1, -0.05) is 0 Å². The molecule has 4 nitrogen and oxygen atoms in total. The van der Waals surface area contributed by atoms with Crippen molar-refractivity contribution in [1.82, 2.24) is 9.78 Å². The van der Waals surface area contributed by atoms with Gasteiger partial charge >= 0.3 is 0 Å². The molecule has 2 aromatic rings. The number of halogens is 2. The summed E-state index contributed by atoms with van der Waals surface area (Å²) in [4.78, 5) is 12.1. The number of carbonyl (C=O) groups excluding carboxylic acids is 1. The van der Waals surface area contributed by atoms with Crippen LogP contribution in [0, 0.1) is 11.6 Å². The highest BCUT2D eigenvalue weighted by molar-refractivity contribution is 5.98. The lowest BCUT2D eigenvalue weighted by atomic mass is 10.1. The summed E-state index contributed by atoms with van der Waals surface area (Å²) in [5, 5.41) is 3.91. The zero-order chi connectivity index (χ0) is 14.0. The summed E-state index contributed by atoms with van der Waals surface area (Å²) in [6.45, 7) is 0. The Balaban J connectivity index is 2.28. The van der Waals surface area contributed by atoms with Crippen molar-refractivity contribution in [2.75, 3.05) is 7.11 Å². The Morgan fingerprint density at radius 3 is 2.53 bits per heavy atom. The maximum absolute atomic E-state index is 13.1. The Morgan fingerprint density at radius 2 is 1.95 bits per heavy atom. The van der Waals surface area contributed by atoms with Gasteiger partial charge in [-0.2, -0.15) is 5.10 Å². The number of ether oxygens (including phenoxy) is 1. The predicted octanol–water partition coefficient (Wildman–Crippen LogP) is 2.13. The molecule has 0 atom stereocenters. The number of Topliss-reactive ketones (excluding diaryl/α,β-unsaturated/α-hetero) is 1. The van der Waals surface area contributed by atoms with Gasteiger partial charge < -0.3 is 4.74 Å². The van der Waals surface area contributed by atoms with Crippen LogP contribution in [-0.4, -0.2) is 22.7 Å². The summed E-state index contributed by atoms with van der Waals surface area (Å²) in [7, 11) is 3.03. The molecule has 100 valence electrons.